The van der Waals surface area contributed by atoms with E-state index >= 15 is 0 Å². The maximum absolute atomic E-state index is 14.3. The molecule has 0 aliphatic rings. The Morgan fingerprint density at radius 2 is 1.97 bits per heavy atom. The number of benzene rings is 2. The SMILES string of the molecule is Cc1cc(NC(=O)C(C)Sc2nc3ccccc3c(=O)n2-c2ccc(C)c(F)c2)on1. The quantitative estimate of drug-likeness (QED) is 0.370. The maximum Gasteiger partial charge on any atom is 0.266 e. The highest BCUT2D eigenvalue weighted by Crippen LogP contribution is 2.26. The first kappa shape index (κ1) is 20.8. The molecule has 2 aromatic carbocycles. The van der Waals surface area contributed by atoms with Gasteiger partial charge in [-0.3, -0.25) is 19.5 Å². The Hall–Kier alpha value is -3.46. The summed E-state index contributed by atoms with van der Waals surface area (Å²) in [7, 11) is 0. The van der Waals surface area contributed by atoms with Gasteiger partial charge in [0.2, 0.25) is 11.8 Å². The van der Waals surface area contributed by atoms with E-state index in [0.717, 1.165) is 11.8 Å². The molecule has 0 saturated heterocycles. The summed E-state index contributed by atoms with van der Waals surface area (Å²) in [6.45, 7) is 5.08. The monoisotopic (exact) mass is 438 g/mol. The fraction of sp³-hybridized carbons (Fsp3) is 0.182. The van der Waals surface area contributed by atoms with E-state index in [4.69, 9.17) is 4.52 Å². The number of hydrogen-bond donors (Lipinski definition) is 1. The molecule has 158 valence electrons. The smallest absolute Gasteiger partial charge is 0.266 e. The van der Waals surface area contributed by atoms with Gasteiger partial charge in [-0.05, 0) is 50.6 Å². The van der Waals surface area contributed by atoms with Crippen molar-refractivity contribution in [2.75, 3.05) is 5.32 Å². The molecule has 4 rings (SSSR count). The van der Waals surface area contributed by atoms with Crippen molar-refractivity contribution in [2.24, 2.45) is 0 Å². The van der Waals surface area contributed by atoms with Gasteiger partial charge in [-0.15, -0.1) is 0 Å². The Morgan fingerprint density at radius 3 is 2.68 bits per heavy atom. The lowest BCUT2D eigenvalue weighted by Crippen LogP contribution is -2.26. The van der Waals surface area contributed by atoms with Gasteiger partial charge in [0.15, 0.2) is 5.16 Å². The van der Waals surface area contributed by atoms with Crippen LogP contribution >= 0.6 is 11.8 Å². The summed E-state index contributed by atoms with van der Waals surface area (Å²) < 4.78 is 20.6. The van der Waals surface area contributed by atoms with E-state index in [1.807, 2.05) is 0 Å². The first-order valence-corrected chi connectivity index (χ1v) is 10.4. The Labute approximate surface area is 181 Å². The van der Waals surface area contributed by atoms with Crippen molar-refractivity contribution in [3.05, 3.63) is 76.0 Å². The summed E-state index contributed by atoms with van der Waals surface area (Å²) in [4.78, 5) is 30.5. The second-order valence-electron chi connectivity index (χ2n) is 7.07. The molecule has 7 nitrogen and oxygen atoms in total. The summed E-state index contributed by atoms with van der Waals surface area (Å²) in [5.74, 6) is -0.537. The average Bonchev–Trinajstić information content (AvgIpc) is 3.15. The minimum atomic E-state index is -0.625. The van der Waals surface area contributed by atoms with Gasteiger partial charge in [0.25, 0.3) is 5.56 Å². The van der Waals surface area contributed by atoms with E-state index in [2.05, 4.69) is 15.5 Å². The van der Waals surface area contributed by atoms with E-state index in [0.29, 0.717) is 27.8 Å². The second kappa shape index (κ2) is 8.35. The van der Waals surface area contributed by atoms with Gasteiger partial charge in [0.05, 0.1) is 27.5 Å². The molecule has 1 amide bonds. The van der Waals surface area contributed by atoms with Crippen molar-refractivity contribution in [2.45, 2.75) is 31.2 Å². The number of halogens is 1. The number of aryl methyl sites for hydroxylation is 2. The number of carbonyl (C=O) groups excluding carboxylic acids is 1. The zero-order chi connectivity index (χ0) is 22.1. The lowest BCUT2D eigenvalue weighted by Gasteiger charge is -2.16. The normalized spacial score (nSPS) is 12.1. The van der Waals surface area contributed by atoms with Crippen LogP contribution in [0.1, 0.15) is 18.2 Å². The highest BCUT2D eigenvalue weighted by molar-refractivity contribution is 8.00. The predicted molar refractivity (Wildman–Crippen MR) is 117 cm³/mol. The lowest BCUT2D eigenvalue weighted by atomic mass is 10.2. The molecule has 0 aliphatic heterocycles. The molecule has 0 bridgehead atoms. The van der Waals surface area contributed by atoms with Gasteiger partial charge in [0, 0.05) is 6.07 Å². The first-order valence-electron chi connectivity index (χ1n) is 9.52. The molecular formula is C22H19FN4O3S. The molecule has 0 spiro atoms. The average molecular weight is 438 g/mol. The van der Waals surface area contributed by atoms with Gasteiger partial charge >= 0.3 is 0 Å². The van der Waals surface area contributed by atoms with Crippen LogP contribution in [0.4, 0.5) is 10.3 Å². The number of nitrogens with zero attached hydrogens (tertiary/aromatic N) is 3. The number of nitrogens with one attached hydrogen (secondary N) is 1. The van der Waals surface area contributed by atoms with E-state index in [1.54, 1.807) is 63.2 Å². The summed E-state index contributed by atoms with van der Waals surface area (Å²) in [5.41, 5.74) is 1.61. The molecule has 31 heavy (non-hydrogen) atoms. The Kier molecular flexibility index (Phi) is 5.60. The van der Waals surface area contributed by atoms with Crippen molar-refractivity contribution in [1.82, 2.24) is 14.7 Å². The van der Waals surface area contributed by atoms with Gasteiger partial charge in [0.1, 0.15) is 5.82 Å². The third-order valence-electron chi connectivity index (χ3n) is 4.68. The van der Waals surface area contributed by atoms with Crippen LogP contribution in [0.2, 0.25) is 0 Å². The largest absolute Gasteiger partial charge is 0.338 e. The molecule has 2 heterocycles. The van der Waals surface area contributed by atoms with Crippen LogP contribution in [0.25, 0.3) is 16.6 Å². The molecule has 0 fully saturated rings. The molecular weight excluding hydrogens is 419 g/mol. The number of rotatable bonds is 5. The van der Waals surface area contributed by atoms with E-state index in [-0.39, 0.29) is 22.5 Å². The maximum atomic E-state index is 14.3. The number of aromatic nitrogens is 3. The van der Waals surface area contributed by atoms with Gasteiger partial charge in [-0.2, -0.15) is 0 Å². The molecule has 1 atom stereocenters. The topological polar surface area (TPSA) is 90.0 Å². The zero-order valence-corrected chi connectivity index (χ0v) is 17.9. The second-order valence-corrected chi connectivity index (χ2v) is 8.38. The third kappa shape index (κ3) is 4.22. The Morgan fingerprint density at radius 1 is 1.19 bits per heavy atom. The zero-order valence-electron chi connectivity index (χ0n) is 17.0. The molecule has 0 saturated carbocycles. The van der Waals surface area contributed by atoms with Crippen molar-refractivity contribution in [3.63, 3.8) is 0 Å². The Bertz CT molecular complexity index is 1350. The molecule has 1 unspecified atom stereocenters. The van der Waals surface area contributed by atoms with Gasteiger partial charge in [-0.1, -0.05) is 35.1 Å². The molecule has 0 radical (unpaired) electrons. The summed E-state index contributed by atoms with van der Waals surface area (Å²) in [5, 5.41) is 6.44. The number of anilines is 1. The Balaban J connectivity index is 1.75. The number of fused-ring (bicyclic) bond motifs is 1. The number of hydrogen-bond acceptors (Lipinski definition) is 6. The van der Waals surface area contributed by atoms with Crippen molar-refractivity contribution < 1.29 is 13.7 Å². The van der Waals surface area contributed by atoms with Gasteiger partial charge in [-0.25, -0.2) is 9.37 Å². The predicted octanol–water partition coefficient (Wildman–Crippen LogP) is 4.25. The van der Waals surface area contributed by atoms with Crippen molar-refractivity contribution in [3.8, 4) is 5.69 Å². The minimum Gasteiger partial charge on any atom is -0.338 e. The molecule has 4 aromatic rings. The van der Waals surface area contributed by atoms with Crippen LogP contribution in [0.5, 0.6) is 0 Å². The van der Waals surface area contributed by atoms with E-state index in [9.17, 15) is 14.0 Å². The highest BCUT2D eigenvalue weighted by Gasteiger charge is 2.21. The molecule has 1 N–H and O–H groups in total. The summed E-state index contributed by atoms with van der Waals surface area (Å²) >= 11 is 1.09. The van der Waals surface area contributed by atoms with Gasteiger partial charge < -0.3 is 4.52 Å². The highest BCUT2D eigenvalue weighted by atomic mass is 32.2. The first-order chi connectivity index (χ1) is 14.8. The van der Waals surface area contributed by atoms with Crippen LogP contribution in [-0.2, 0) is 4.79 Å². The van der Waals surface area contributed by atoms with Crippen molar-refractivity contribution in [1.29, 1.82) is 0 Å². The molecule has 9 heteroatoms. The van der Waals surface area contributed by atoms with Crippen LogP contribution in [-0.4, -0.2) is 25.9 Å². The minimum absolute atomic E-state index is 0.236. The van der Waals surface area contributed by atoms with Crippen molar-refractivity contribution >= 4 is 34.5 Å². The molecule has 2 aromatic heterocycles. The van der Waals surface area contributed by atoms with E-state index in [1.165, 1.54) is 10.6 Å². The fourth-order valence-electron chi connectivity index (χ4n) is 3.00. The number of amides is 1. The molecule has 0 aliphatic carbocycles. The number of thioether (sulfide) groups is 1. The summed E-state index contributed by atoms with van der Waals surface area (Å²) in [6.07, 6.45) is 0. The fourth-order valence-corrected chi connectivity index (χ4v) is 3.92. The lowest BCUT2D eigenvalue weighted by molar-refractivity contribution is -0.115. The van der Waals surface area contributed by atoms with Crippen LogP contribution in [0, 0.1) is 19.7 Å². The standard InChI is InChI=1S/C22H19FN4O3S/c1-12-8-9-15(11-17(12)23)27-21(29)16-6-4-5-7-18(16)24-22(27)31-14(3)20(28)25-19-10-13(2)26-30-19/h4-11,14H,1-3H3,(H,25,28). The van der Waals surface area contributed by atoms with E-state index < -0.39 is 11.1 Å². The third-order valence-corrected chi connectivity index (χ3v) is 5.74. The number of carbonyl (C=O) groups is 1. The van der Waals surface area contributed by atoms with Crippen LogP contribution in [0.3, 0.4) is 0 Å². The van der Waals surface area contributed by atoms with Crippen LogP contribution < -0.4 is 10.9 Å². The summed E-state index contributed by atoms with van der Waals surface area (Å²) in [6, 6.07) is 13.1. The van der Waals surface area contributed by atoms with Crippen LogP contribution in [0.15, 0.2) is 63.0 Å². The number of para-hydroxylation sites is 1.